The standard InChI is InChI=1S/C27H31IN6O5S/c1-2-39-23-15-19(26(35)34-11-13-38-14-12-34)9-10-21(23)32-27-29-17-20(28)25(33-27)31-22-5-3-4-6-24(22)40(36,37)30-16-18-7-8-18/h3-6,9-10,15,17-18,30H,2,7-8,11-14,16H2,1H3,(H2,29,31,32,33). The maximum atomic E-state index is 13.0. The topological polar surface area (TPSA) is 135 Å². The molecule has 13 heteroatoms. The molecule has 11 nitrogen and oxygen atoms in total. The number of rotatable bonds is 11. The Balaban J connectivity index is 1.36. The minimum atomic E-state index is -3.70. The van der Waals surface area contributed by atoms with E-state index in [-0.39, 0.29) is 16.8 Å². The van der Waals surface area contributed by atoms with Crippen LogP contribution in [-0.4, -0.2) is 68.6 Å². The highest BCUT2D eigenvalue weighted by molar-refractivity contribution is 14.1. The highest BCUT2D eigenvalue weighted by Gasteiger charge is 2.26. The molecule has 0 atom stereocenters. The highest BCUT2D eigenvalue weighted by atomic mass is 127. The van der Waals surface area contributed by atoms with E-state index in [1.165, 1.54) is 0 Å². The predicted octanol–water partition coefficient (Wildman–Crippen LogP) is 4.13. The van der Waals surface area contributed by atoms with Crippen LogP contribution in [0.2, 0.25) is 0 Å². The third kappa shape index (κ3) is 7.00. The molecule has 3 N–H and O–H groups in total. The summed E-state index contributed by atoms with van der Waals surface area (Å²) in [5.41, 5.74) is 1.53. The fourth-order valence-electron chi connectivity index (χ4n) is 4.18. The van der Waals surface area contributed by atoms with Gasteiger partial charge in [0, 0.05) is 31.4 Å². The lowest BCUT2D eigenvalue weighted by Crippen LogP contribution is -2.40. The molecule has 3 aromatic rings. The van der Waals surface area contributed by atoms with E-state index >= 15 is 0 Å². The van der Waals surface area contributed by atoms with Crippen LogP contribution in [0.25, 0.3) is 0 Å². The van der Waals surface area contributed by atoms with Crippen LogP contribution in [0.3, 0.4) is 0 Å². The number of para-hydroxylation sites is 1. The normalized spacial score (nSPS) is 15.5. The van der Waals surface area contributed by atoms with E-state index in [4.69, 9.17) is 9.47 Å². The van der Waals surface area contributed by atoms with Crippen LogP contribution >= 0.6 is 22.6 Å². The highest BCUT2D eigenvalue weighted by Crippen LogP contribution is 2.32. The second-order valence-electron chi connectivity index (χ2n) is 9.48. The number of hydrogen-bond acceptors (Lipinski definition) is 9. The van der Waals surface area contributed by atoms with Gasteiger partial charge in [0.05, 0.1) is 34.8 Å². The molecule has 1 aliphatic heterocycles. The number of carbonyl (C=O) groups is 1. The number of benzene rings is 2. The van der Waals surface area contributed by atoms with Crippen molar-refractivity contribution < 1.29 is 22.7 Å². The van der Waals surface area contributed by atoms with Gasteiger partial charge < -0.3 is 25.0 Å². The Morgan fingerprint density at radius 1 is 1.12 bits per heavy atom. The summed E-state index contributed by atoms with van der Waals surface area (Å²) in [6.45, 7) is 4.87. The van der Waals surface area contributed by atoms with Crippen molar-refractivity contribution in [2.75, 3.05) is 50.1 Å². The van der Waals surface area contributed by atoms with Gasteiger partial charge in [-0.1, -0.05) is 12.1 Å². The van der Waals surface area contributed by atoms with Gasteiger partial charge in [-0.15, -0.1) is 0 Å². The van der Waals surface area contributed by atoms with Crippen LogP contribution in [0.4, 0.5) is 23.1 Å². The molecule has 0 spiro atoms. The Morgan fingerprint density at radius 2 is 1.90 bits per heavy atom. The van der Waals surface area contributed by atoms with Crippen molar-refractivity contribution >= 4 is 61.7 Å². The number of morpholine rings is 1. The van der Waals surface area contributed by atoms with Crippen molar-refractivity contribution in [3.8, 4) is 5.75 Å². The number of nitrogens with zero attached hydrogens (tertiary/aromatic N) is 3. The van der Waals surface area contributed by atoms with E-state index in [0.717, 1.165) is 12.8 Å². The van der Waals surface area contributed by atoms with Crippen molar-refractivity contribution in [3.05, 3.63) is 57.8 Å². The maximum absolute atomic E-state index is 13.0. The van der Waals surface area contributed by atoms with Crippen molar-refractivity contribution in [2.45, 2.75) is 24.7 Å². The Hall–Kier alpha value is -3.01. The number of amides is 1. The van der Waals surface area contributed by atoms with Crippen molar-refractivity contribution in [3.63, 3.8) is 0 Å². The van der Waals surface area contributed by atoms with E-state index in [0.29, 0.717) is 77.4 Å². The summed E-state index contributed by atoms with van der Waals surface area (Å²) in [4.78, 5) is 23.9. The number of nitrogens with one attached hydrogen (secondary N) is 3. The van der Waals surface area contributed by atoms with Crippen LogP contribution in [0, 0.1) is 9.49 Å². The quantitative estimate of drug-likeness (QED) is 0.256. The molecule has 212 valence electrons. The number of sulfonamides is 1. The molecule has 0 unspecified atom stereocenters. The number of anilines is 4. The molecule has 2 heterocycles. The zero-order valence-corrected chi connectivity index (χ0v) is 25.0. The molecule has 1 aromatic heterocycles. The van der Waals surface area contributed by atoms with Gasteiger partial charge in [0.15, 0.2) is 0 Å². The molecule has 2 aromatic carbocycles. The zero-order chi connectivity index (χ0) is 28.1. The number of halogens is 1. The summed E-state index contributed by atoms with van der Waals surface area (Å²) in [6, 6.07) is 11.9. The van der Waals surface area contributed by atoms with Gasteiger partial charge in [-0.05, 0) is 78.6 Å². The molecular formula is C27H31IN6O5S. The molecule has 1 aliphatic carbocycles. The van der Waals surface area contributed by atoms with E-state index in [9.17, 15) is 13.2 Å². The van der Waals surface area contributed by atoms with Crippen molar-refractivity contribution in [2.24, 2.45) is 5.92 Å². The van der Waals surface area contributed by atoms with E-state index in [2.05, 4.69) is 47.9 Å². The second-order valence-corrected chi connectivity index (χ2v) is 12.4. The predicted molar refractivity (Wildman–Crippen MR) is 160 cm³/mol. The summed E-state index contributed by atoms with van der Waals surface area (Å²) in [7, 11) is -3.70. The summed E-state index contributed by atoms with van der Waals surface area (Å²) in [5.74, 6) is 1.56. The summed E-state index contributed by atoms with van der Waals surface area (Å²) >= 11 is 2.10. The minimum Gasteiger partial charge on any atom is -0.492 e. The van der Waals surface area contributed by atoms with Gasteiger partial charge >= 0.3 is 0 Å². The number of carbonyl (C=O) groups excluding carboxylic acids is 1. The fourth-order valence-corrected chi connectivity index (χ4v) is 5.85. The summed E-state index contributed by atoms with van der Waals surface area (Å²) in [6.07, 6.45) is 3.74. The van der Waals surface area contributed by atoms with Gasteiger partial charge in [-0.2, -0.15) is 4.98 Å². The Kier molecular flexibility index (Phi) is 9.03. The Labute approximate surface area is 247 Å². The second kappa shape index (κ2) is 12.7. The van der Waals surface area contributed by atoms with Gasteiger partial charge in [0.1, 0.15) is 16.5 Å². The summed E-state index contributed by atoms with van der Waals surface area (Å²) in [5, 5.41) is 6.34. The minimum absolute atomic E-state index is 0.0759. The largest absolute Gasteiger partial charge is 0.492 e. The first kappa shape index (κ1) is 28.5. The fraction of sp³-hybridized carbons (Fsp3) is 0.370. The first-order chi connectivity index (χ1) is 19.3. The van der Waals surface area contributed by atoms with Crippen molar-refractivity contribution in [1.29, 1.82) is 0 Å². The monoisotopic (exact) mass is 678 g/mol. The number of hydrogen-bond donors (Lipinski definition) is 3. The molecule has 5 rings (SSSR count). The average Bonchev–Trinajstić information content (AvgIpc) is 3.80. The number of ether oxygens (including phenoxy) is 2. The Bertz CT molecular complexity index is 1480. The Morgan fingerprint density at radius 3 is 2.65 bits per heavy atom. The first-order valence-electron chi connectivity index (χ1n) is 13.1. The third-order valence-electron chi connectivity index (χ3n) is 6.51. The summed E-state index contributed by atoms with van der Waals surface area (Å²) < 4.78 is 40.6. The molecule has 0 radical (unpaired) electrons. The lowest BCUT2D eigenvalue weighted by atomic mass is 10.1. The maximum Gasteiger partial charge on any atom is 0.254 e. The molecule has 2 aliphatic rings. The zero-order valence-electron chi connectivity index (χ0n) is 22.0. The SMILES string of the molecule is CCOc1cc(C(=O)N2CCOCC2)ccc1Nc1ncc(I)c(Nc2ccccc2S(=O)(=O)NCC2CC2)n1. The smallest absolute Gasteiger partial charge is 0.254 e. The molecule has 2 fully saturated rings. The molecule has 1 saturated carbocycles. The third-order valence-corrected chi connectivity index (χ3v) is 8.78. The first-order valence-corrected chi connectivity index (χ1v) is 15.7. The van der Waals surface area contributed by atoms with Gasteiger partial charge in [-0.25, -0.2) is 18.1 Å². The molecule has 1 saturated heterocycles. The van der Waals surface area contributed by atoms with E-state index in [1.54, 1.807) is 53.6 Å². The number of aromatic nitrogens is 2. The van der Waals surface area contributed by atoms with Crippen LogP contribution in [0.15, 0.2) is 53.6 Å². The van der Waals surface area contributed by atoms with Crippen molar-refractivity contribution in [1.82, 2.24) is 19.6 Å². The van der Waals surface area contributed by atoms with E-state index in [1.807, 2.05) is 6.92 Å². The lowest BCUT2D eigenvalue weighted by molar-refractivity contribution is 0.0302. The molecule has 1 amide bonds. The molecule has 40 heavy (non-hydrogen) atoms. The molecule has 0 bridgehead atoms. The molecular weight excluding hydrogens is 647 g/mol. The van der Waals surface area contributed by atoms with Crippen LogP contribution < -0.4 is 20.1 Å². The van der Waals surface area contributed by atoms with Crippen LogP contribution in [0.5, 0.6) is 5.75 Å². The van der Waals surface area contributed by atoms with Gasteiger partial charge in [-0.3, -0.25) is 4.79 Å². The lowest BCUT2D eigenvalue weighted by Gasteiger charge is -2.27. The van der Waals surface area contributed by atoms with Gasteiger partial charge in [0.2, 0.25) is 16.0 Å². The average molecular weight is 679 g/mol. The van der Waals surface area contributed by atoms with Crippen LogP contribution in [0.1, 0.15) is 30.1 Å². The van der Waals surface area contributed by atoms with E-state index < -0.39 is 10.0 Å². The van der Waals surface area contributed by atoms with Crippen LogP contribution in [-0.2, 0) is 14.8 Å². The van der Waals surface area contributed by atoms with Gasteiger partial charge in [0.25, 0.3) is 5.91 Å².